The van der Waals surface area contributed by atoms with Gasteiger partial charge in [-0.05, 0) is 61.7 Å². The van der Waals surface area contributed by atoms with Crippen molar-refractivity contribution in [3.05, 3.63) is 65.7 Å². The molecule has 1 N–H and O–H groups in total. The zero-order chi connectivity index (χ0) is 22.6. The van der Waals surface area contributed by atoms with Crippen LogP contribution in [0.15, 0.2) is 64.5 Å². The molecular formula is C25H26N4O3S. The molecule has 3 heterocycles. The number of benzene rings is 2. The number of carbonyl (C=O) groups excluding carboxylic acids is 1. The van der Waals surface area contributed by atoms with Crippen molar-refractivity contribution in [2.45, 2.75) is 36.2 Å². The Morgan fingerprint density at radius 1 is 1.06 bits per heavy atom. The molecule has 1 aromatic heterocycles. The summed E-state index contributed by atoms with van der Waals surface area (Å²) in [6, 6.07) is 18.1. The molecule has 1 saturated heterocycles. The Labute approximate surface area is 197 Å². The van der Waals surface area contributed by atoms with Crippen LogP contribution in [-0.2, 0) is 11.3 Å². The number of hydrogen-bond acceptors (Lipinski definition) is 7. The number of fused-ring (bicyclic) bond motifs is 1. The highest BCUT2D eigenvalue weighted by molar-refractivity contribution is 7.99. The summed E-state index contributed by atoms with van der Waals surface area (Å²) < 4.78 is 10.7. The van der Waals surface area contributed by atoms with Crippen molar-refractivity contribution in [2.75, 3.05) is 24.8 Å². The number of amides is 1. The number of hydrogen-bond donors (Lipinski definition) is 1. The van der Waals surface area contributed by atoms with E-state index in [2.05, 4.69) is 51.6 Å². The maximum atomic E-state index is 12.7. The summed E-state index contributed by atoms with van der Waals surface area (Å²) in [5, 5.41) is 12.8. The van der Waals surface area contributed by atoms with Crippen LogP contribution in [0.5, 0.6) is 11.5 Å². The number of piperidine rings is 1. The third-order valence-corrected chi connectivity index (χ3v) is 6.85. The van der Waals surface area contributed by atoms with Crippen LogP contribution in [0.25, 0.3) is 0 Å². The zero-order valence-electron chi connectivity index (χ0n) is 18.5. The Morgan fingerprint density at radius 3 is 2.70 bits per heavy atom. The van der Waals surface area contributed by atoms with Crippen molar-refractivity contribution in [3.8, 4) is 11.5 Å². The van der Waals surface area contributed by atoms with E-state index in [0.29, 0.717) is 6.54 Å². The molecule has 2 aliphatic heterocycles. The molecule has 170 valence electrons. The van der Waals surface area contributed by atoms with Gasteiger partial charge in [-0.15, -0.1) is 10.2 Å². The molecule has 0 spiro atoms. The van der Waals surface area contributed by atoms with Crippen LogP contribution >= 0.6 is 11.8 Å². The predicted molar refractivity (Wildman–Crippen MR) is 127 cm³/mol. The lowest BCUT2D eigenvalue weighted by Gasteiger charge is -2.31. The lowest BCUT2D eigenvalue weighted by molar-refractivity contribution is -0.125. The largest absolute Gasteiger partial charge is 0.454 e. The van der Waals surface area contributed by atoms with Crippen molar-refractivity contribution in [2.24, 2.45) is 5.92 Å². The smallest absolute Gasteiger partial charge is 0.231 e. The number of carbonyl (C=O) groups is 1. The molecule has 0 radical (unpaired) electrons. The van der Waals surface area contributed by atoms with Gasteiger partial charge in [0.1, 0.15) is 5.03 Å². The standard InChI is InChI=1S/C25H26N4O3S/c1-17-3-2-4-20(13-17)33-24-8-7-23(27-28-24)29-11-9-19(10-12-29)25(30)26-15-18-5-6-21-22(14-18)32-16-31-21/h2-8,13-14,19H,9-12,15-16H2,1H3,(H,26,30). The molecular weight excluding hydrogens is 436 g/mol. The maximum absolute atomic E-state index is 12.7. The minimum Gasteiger partial charge on any atom is -0.454 e. The highest BCUT2D eigenvalue weighted by atomic mass is 32.2. The van der Waals surface area contributed by atoms with Gasteiger partial charge in [-0.3, -0.25) is 4.79 Å². The molecule has 8 heteroatoms. The van der Waals surface area contributed by atoms with E-state index in [1.54, 1.807) is 11.8 Å². The summed E-state index contributed by atoms with van der Waals surface area (Å²) in [6.45, 7) is 4.41. The van der Waals surface area contributed by atoms with Gasteiger partial charge in [-0.1, -0.05) is 35.5 Å². The van der Waals surface area contributed by atoms with Crippen LogP contribution in [0.1, 0.15) is 24.0 Å². The van der Waals surface area contributed by atoms with Crippen LogP contribution in [0.4, 0.5) is 5.82 Å². The Morgan fingerprint density at radius 2 is 1.91 bits per heavy atom. The van der Waals surface area contributed by atoms with E-state index in [-0.39, 0.29) is 18.6 Å². The maximum Gasteiger partial charge on any atom is 0.231 e. The lowest BCUT2D eigenvalue weighted by atomic mass is 9.96. The van der Waals surface area contributed by atoms with E-state index in [9.17, 15) is 4.79 Å². The molecule has 0 bridgehead atoms. The molecule has 5 rings (SSSR count). The predicted octanol–water partition coefficient (Wildman–Crippen LogP) is 4.20. The van der Waals surface area contributed by atoms with E-state index in [1.165, 1.54) is 5.56 Å². The van der Waals surface area contributed by atoms with Crippen LogP contribution in [-0.4, -0.2) is 36.0 Å². The lowest BCUT2D eigenvalue weighted by Crippen LogP contribution is -2.40. The molecule has 7 nitrogen and oxygen atoms in total. The average Bonchev–Trinajstić information content (AvgIpc) is 3.31. The highest BCUT2D eigenvalue weighted by Gasteiger charge is 2.26. The molecule has 2 aliphatic rings. The fraction of sp³-hybridized carbons (Fsp3) is 0.320. The molecule has 0 aliphatic carbocycles. The first-order valence-corrected chi connectivity index (χ1v) is 12.0. The van der Waals surface area contributed by atoms with Gasteiger partial charge in [0, 0.05) is 30.4 Å². The molecule has 2 aromatic carbocycles. The van der Waals surface area contributed by atoms with Crippen LogP contribution in [0.2, 0.25) is 0 Å². The third kappa shape index (κ3) is 5.22. The summed E-state index contributed by atoms with van der Waals surface area (Å²) in [5.74, 6) is 2.47. The molecule has 1 fully saturated rings. The van der Waals surface area contributed by atoms with Gasteiger partial charge in [-0.2, -0.15) is 0 Å². The first-order chi connectivity index (χ1) is 16.1. The van der Waals surface area contributed by atoms with Gasteiger partial charge in [0.25, 0.3) is 0 Å². The quantitative estimate of drug-likeness (QED) is 0.588. The summed E-state index contributed by atoms with van der Waals surface area (Å²) in [7, 11) is 0. The summed E-state index contributed by atoms with van der Waals surface area (Å²) in [4.78, 5) is 16.0. The van der Waals surface area contributed by atoms with E-state index in [4.69, 9.17) is 9.47 Å². The van der Waals surface area contributed by atoms with Crippen molar-refractivity contribution < 1.29 is 14.3 Å². The topological polar surface area (TPSA) is 76.6 Å². The number of aryl methyl sites for hydroxylation is 1. The Bertz CT molecular complexity index is 1130. The fourth-order valence-electron chi connectivity index (χ4n) is 4.09. The van der Waals surface area contributed by atoms with Crippen LogP contribution in [0, 0.1) is 12.8 Å². The van der Waals surface area contributed by atoms with Gasteiger partial charge in [-0.25, -0.2) is 0 Å². The minimum atomic E-state index is 0.0133. The number of aromatic nitrogens is 2. The van der Waals surface area contributed by atoms with E-state index >= 15 is 0 Å². The molecule has 0 unspecified atom stereocenters. The Hall–Kier alpha value is -3.26. The Balaban J connectivity index is 1.10. The summed E-state index contributed by atoms with van der Waals surface area (Å²) >= 11 is 1.61. The number of nitrogens with one attached hydrogen (secondary N) is 1. The molecule has 3 aromatic rings. The second kappa shape index (κ2) is 9.70. The van der Waals surface area contributed by atoms with Crippen molar-refractivity contribution in [1.82, 2.24) is 15.5 Å². The fourth-order valence-corrected chi connectivity index (χ4v) is 4.94. The summed E-state index contributed by atoms with van der Waals surface area (Å²) in [6.07, 6.45) is 1.60. The summed E-state index contributed by atoms with van der Waals surface area (Å²) in [5.41, 5.74) is 2.23. The number of nitrogens with zero attached hydrogens (tertiary/aromatic N) is 3. The molecule has 0 saturated carbocycles. The normalized spacial score (nSPS) is 15.5. The molecule has 33 heavy (non-hydrogen) atoms. The van der Waals surface area contributed by atoms with E-state index < -0.39 is 0 Å². The van der Waals surface area contributed by atoms with E-state index in [1.807, 2.05) is 30.3 Å². The molecule has 1 amide bonds. The SMILES string of the molecule is Cc1cccc(Sc2ccc(N3CCC(C(=O)NCc4ccc5c(c4)OCO5)CC3)nn2)c1. The average molecular weight is 463 g/mol. The second-order valence-electron chi connectivity index (χ2n) is 8.32. The first kappa shape index (κ1) is 21.6. The number of anilines is 1. The molecule has 0 atom stereocenters. The van der Waals surface area contributed by atoms with Crippen molar-refractivity contribution in [1.29, 1.82) is 0 Å². The first-order valence-electron chi connectivity index (χ1n) is 11.1. The van der Waals surface area contributed by atoms with Gasteiger partial charge in [0.2, 0.25) is 12.7 Å². The van der Waals surface area contributed by atoms with E-state index in [0.717, 1.165) is 58.7 Å². The third-order valence-electron chi connectivity index (χ3n) is 5.93. The van der Waals surface area contributed by atoms with Crippen LogP contribution in [0.3, 0.4) is 0 Å². The van der Waals surface area contributed by atoms with Gasteiger partial charge >= 0.3 is 0 Å². The van der Waals surface area contributed by atoms with Gasteiger partial charge in [0.05, 0.1) is 0 Å². The van der Waals surface area contributed by atoms with Crippen molar-refractivity contribution in [3.63, 3.8) is 0 Å². The van der Waals surface area contributed by atoms with Gasteiger partial charge < -0.3 is 19.7 Å². The second-order valence-corrected chi connectivity index (χ2v) is 9.41. The van der Waals surface area contributed by atoms with Crippen LogP contribution < -0.4 is 19.7 Å². The number of rotatable bonds is 6. The zero-order valence-corrected chi connectivity index (χ0v) is 19.3. The van der Waals surface area contributed by atoms with Gasteiger partial charge in [0.15, 0.2) is 17.3 Å². The number of ether oxygens (including phenoxy) is 2. The van der Waals surface area contributed by atoms with Crippen molar-refractivity contribution >= 4 is 23.5 Å². The monoisotopic (exact) mass is 462 g/mol. The highest BCUT2D eigenvalue weighted by Crippen LogP contribution is 2.32. The minimum absolute atomic E-state index is 0.0133. The Kier molecular flexibility index (Phi) is 6.35.